The normalized spacial score (nSPS) is 11.3. The van der Waals surface area contributed by atoms with E-state index in [0.717, 1.165) is 5.56 Å². The van der Waals surface area contributed by atoms with Crippen molar-refractivity contribution < 1.29 is 13.2 Å². The molecule has 0 amide bonds. The molecule has 3 aromatic rings. The number of aryl methyl sites for hydroxylation is 1. The van der Waals surface area contributed by atoms with Crippen LogP contribution in [0, 0.1) is 24.4 Å². The molecule has 0 aliphatic rings. The molecule has 21 heavy (non-hydrogen) atoms. The van der Waals surface area contributed by atoms with Gasteiger partial charge in [-0.3, -0.25) is 4.57 Å². The number of nitrogens with zero attached hydrogens (tertiary/aromatic N) is 2. The molecule has 1 heterocycles. The number of benzene rings is 2. The topological polar surface area (TPSA) is 17.8 Å². The maximum Gasteiger partial charge on any atom is 0.153 e. The molecule has 0 aliphatic heterocycles. The number of hydrogen-bond donors (Lipinski definition) is 0. The summed E-state index contributed by atoms with van der Waals surface area (Å²) in [6.07, 6.45) is 0. The number of rotatable bonds is 2. The highest BCUT2D eigenvalue weighted by Crippen LogP contribution is 2.29. The summed E-state index contributed by atoms with van der Waals surface area (Å²) in [5.41, 5.74) is 1.55. The van der Waals surface area contributed by atoms with Crippen molar-refractivity contribution in [2.45, 2.75) is 12.8 Å². The standard InChI is InChI=1S/C15H10ClF3N2/c1-8-3-2-4-12-14(8)21(13(7-16)20-12)15-10(18)5-9(17)6-11(15)19/h2-6H,7H2,1H3. The minimum absolute atomic E-state index is 0.0234. The van der Waals surface area contributed by atoms with Gasteiger partial charge in [0.2, 0.25) is 0 Å². The fourth-order valence-corrected chi connectivity index (χ4v) is 2.60. The van der Waals surface area contributed by atoms with E-state index in [1.165, 1.54) is 4.57 Å². The Hall–Kier alpha value is -2.01. The van der Waals surface area contributed by atoms with Crippen LogP contribution in [0.15, 0.2) is 30.3 Å². The lowest BCUT2D eigenvalue weighted by molar-refractivity contribution is 0.534. The van der Waals surface area contributed by atoms with E-state index in [0.29, 0.717) is 29.0 Å². The molecule has 3 rings (SSSR count). The van der Waals surface area contributed by atoms with Crippen LogP contribution in [0.5, 0.6) is 0 Å². The van der Waals surface area contributed by atoms with Crippen molar-refractivity contribution >= 4 is 22.6 Å². The van der Waals surface area contributed by atoms with E-state index in [-0.39, 0.29) is 11.6 Å². The van der Waals surface area contributed by atoms with Gasteiger partial charge in [-0.1, -0.05) is 12.1 Å². The van der Waals surface area contributed by atoms with Crippen LogP contribution in [0.3, 0.4) is 0 Å². The van der Waals surface area contributed by atoms with Gasteiger partial charge in [0.25, 0.3) is 0 Å². The highest BCUT2D eigenvalue weighted by molar-refractivity contribution is 6.17. The van der Waals surface area contributed by atoms with Gasteiger partial charge >= 0.3 is 0 Å². The van der Waals surface area contributed by atoms with Gasteiger partial charge in [0, 0.05) is 12.1 Å². The van der Waals surface area contributed by atoms with Crippen molar-refractivity contribution in [2.24, 2.45) is 0 Å². The predicted molar refractivity (Wildman–Crippen MR) is 75.2 cm³/mol. The monoisotopic (exact) mass is 310 g/mol. The molecule has 2 aromatic carbocycles. The lowest BCUT2D eigenvalue weighted by Crippen LogP contribution is -2.06. The first kappa shape index (κ1) is 13.9. The average molecular weight is 311 g/mol. The van der Waals surface area contributed by atoms with E-state index in [4.69, 9.17) is 11.6 Å². The molecular weight excluding hydrogens is 301 g/mol. The van der Waals surface area contributed by atoms with Crippen LogP contribution in [-0.4, -0.2) is 9.55 Å². The lowest BCUT2D eigenvalue weighted by Gasteiger charge is -2.11. The lowest BCUT2D eigenvalue weighted by atomic mass is 10.2. The molecule has 0 aliphatic carbocycles. The third-order valence-corrected chi connectivity index (χ3v) is 3.51. The van der Waals surface area contributed by atoms with Crippen LogP contribution in [-0.2, 0) is 5.88 Å². The Morgan fingerprint density at radius 2 is 1.81 bits per heavy atom. The molecule has 0 saturated carbocycles. The minimum Gasteiger partial charge on any atom is -0.289 e. The van der Waals surface area contributed by atoms with Gasteiger partial charge in [0.15, 0.2) is 11.6 Å². The molecule has 0 spiro atoms. The Morgan fingerprint density at radius 1 is 1.14 bits per heavy atom. The molecule has 2 nitrogen and oxygen atoms in total. The molecule has 1 aromatic heterocycles. The molecule has 0 bridgehead atoms. The third-order valence-electron chi connectivity index (χ3n) is 3.27. The Bertz CT molecular complexity index is 819. The van der Waals surface area contributed by atoms with E-state index < -0.39 is 17.5 Å². The first-order chi connectivity index (χ1) is 10.0. The van der Waals surface area contributed by atoms with Crippen LogP contribution in [0.1, 0.15) is 11.4 Å². The van der Waals surface area contributed by atoms with Gasteiger partial charge < -0.3 is 0 Å². The summed E-state index contributed by atoms with van der Waals surface area (Å²) in [6.45, 7) is 1.80. The number of halogens is 4. The highest BCUT2D eigenvalue weighted by Gasteiger charge is 2.20. The van der Waals surface area contributed by atoms with Crippen molar-refractivity contribution in [3.63, 3.8) is 0 Å². The number of fused-ring (bicyclic) bond motifs is 1. The number of imidazole rings is 1. The van der Waals surface area contributed by atoms with Crippen molar-refractivity contribution in [1.29, 1.82) is 0 Å². The van der Waals surface area contributed by atoms with Gasteiger partial charge in [-0.05, 0) is 18.6 Å². The summed E-state index contributed by atoms with van der Waals surface area (Å²) in [5, 5.41) is 0. The zero-order chi connectivity index (χ0) is 15.1. The number of hydrogen-bond acceptors (Lipinski definition) is 1. The van der Waals surface area contributed by atoms with E-state index in [1.807, 2.05) is 0 Å². The van der Waals surface area contributed by atoms with Crippen LogP contribution in [0.2, 0.25) is 0 Å². The Kier molecular flexibility index (Phi) is 3.37. The SMILES string of the molecule is Cc1cccc2nc(CCl)n(-c3c(F)cc(F)cc3F)c12. The molecular formula is C15H10ClF3N2. The molecule has 0 N–H and O–H groups in total. The van der Waals surface area contributed by atoms with Crippen LogP contribution in [0.25, 0.3) is 16.7 Å². The maximum atomic E-state index is 14.1. The van der Waals surface area contributed by atoms with Crippen LogP contribution in [0.4, 0.5) is 13.2 Å². The zero-order valence-corrected chi connectivity index (χ0v) is 11.8. The Balaban J connectivity index is 2.45. The fraction of sp³-hybridized carbons (Fsp3) is 0.133. The van der Waals surface area contributed by atoms with E-state index >= 15 is 0 Å². The average Bonchev–Trinajstić information content (AvgIpc) is 2.78. The van der Waals surface area contributed by atoms with Crippen molar-refractivity contribution in [3.8, 4) is 5.69 Å². The maximum absolute atomic E-state index is 14.1. The molecule has 0 fully saturated rings. The summed E-state index contributed by atoms with van der Waals surface area (Å²) >= 11 is 5.84. The van der Waals surface area contributed by atoms with Crippen molar-refractivity contribution in [2.75, 3.05) is 0 Å². The van der Waals surface area contributed by atoms with Crippen molar-refractivity contribution in [1.82, 2.24) is 9.55 Å². The summed E-state index contributed by atoms with van der Waals surface area (Å²) in [6, 6.07) is 6.61. The summed E-state index contributed by atoms with van der Waals surface area (Å²) in [5.74, 6) is -2.69. The van der Waals surface area contributed by atoms with Crippen LogP contribution < -0.4 is 0 Å². The third kappa shape index (κ3) is 2.17. The highest BCUT2D eigenvalue weighted by atomic mass is 35.5. The molecule has 0 radical (unpaired) electrons. The van der Waals surface area contributed by atoms with E-state index in [2.05, 4.69) is 4.98 Å². The van der Waals surface area contributed by atoms with Gasteiger partial charge in [0.05, 0.1) is 16.9 Å². The second-order valence-corrected chi connectivity index (χ2v) is 4.93. The fourth-order valence-electron chi connectivity index (χ4n) is 2.42. The van der Waals surface area contributed by atoms with E-state index in [1.54, 1.807) is 25.1 Å². The number of alkyl halides is 1. The van der Waals surface area contributed by atoms with Crippen LogP contribution >= 0.6 is 11.6 Å². The van der Waals surface area contributed by atoms with Crippen molar-refractivity contribution in [3.05, 3.63) is 59.2 Å². The summed E-state index contributed by atoms with van der Waals surface area (Å²) in [7, 11) is 0. The quantitative estimate of drug-likeness (QED) is 0.638. The molecule has 0 atom stereocenters. The molecule has 108 valence electrons. The second-order valence-electron chi connectivity index (χ2n) is 4.66. The van der Waals surface area contributed by atoms with Gasteiger partial charge in [-0.2, -0.15) is 0 Å². The molecule has 6 heteroatoms. The first-order valence-electron chi connectivity index (χ1n) is 6.20. The predicted octanol–water partition coefficient (Wildman–Crippen LogP) is 4.49. The molecule has 0 saturated heterocycles. The van der Waals surface area contributed by atoms with E-state index in [9.17, 15) is 13.2 Å². The Labute approximate surface area is 123 Å². The first-order valence-corrected chi connectivity index (χ1v) is 6.74. The number of para-hydroxylation sites is 1. The van der Waals surface area contributed by atoms with Gasteiger partial charge in [0.1, 0.15) is 17.3 Å². The smallest absolute Gasteiger partial charge is 0.153 e. The zero-order valence-electron chi connectivity index (χ0n) is 11.0. The van der Waals surface area contributed by atoms with Gasteiger partial charge in [-0.25, -0.2) is 18.2 Å². The molecule has 0 unspecified atom stereocenters. The largest absolute Gasteiger partial charge is 0.289 e. The second kappa shape index (κ2) is 5.07. The Morgan fingerprint density at radius 3 is 2.43 bits per heavy atom. The number of aromatic nitrogens is 2. The summed E-state index contributed by atoms with van der Waals surface area (Å²) in [4.78, 5) is 4.28. The van der Waals surface area contributed by atoms with Gasteiger partial charge in [-0.15, -0.1) is 11.6 Å². The summed E-state index contributed by atoms with van der Waals surface area (Å²) < 4.78 is 42.6. The minimum atomic E-state index is -0.999.